The molecule has 2 atom stereocenters. The molecule has 1 aliphatic rings. The highest BCUT2D eigenvalue weighted by Gasteiger charge is 2.36. The van der Waals surface area contributed by atoms with Gasteiger partial charge in [0.25, 0.3) is 0 Å². The summed E-state index contributed by atoms with van der Waals surface area (Å²) in [4.78, 5) is 0. The van der Waals surface area contributed by atoms with Gasteiger partial charge in [-0.05, 0) is 31.0 Å². The van der Waals surface area contributed by atoms with Gasteiger partial charge in [-0.1, -0.05) is 12.1 Å². The molecule has 88 valence electrons. The van der Waals surface area contributed by atoms with Crippen LogP contribution in [0.25, 0.3) is 0 Å². The Kier molecular flexibility index (Phi) is 3.17. The predicted molar refractivity (Wildman–Crippen MR) is 63.7 cm³/mol. The monoisotopic (exact) mass is 221 g/mol. The van der Waals surface area contributed by atoms with Gasteiger partial charge >= 0.3 is 0 Å². The summed E-state index contributed by atoms with van der Waals surface area (Å²) in [5, 5.41) is 13.4. The molecule has 2 unspecified atom stereocenters. The Morgan fingerprint density at radius 1 is 1.56 bits per heavy atom. The second-order valence-electron chi connectivity index (χ2n) is 4.74. The van der Waals surface area contributed by atoms with E-state index in [2.05, 4.69) is 11.4 Å². The van der Waals surface area contributed by atoms with Crippen LogP contribution in [-0.4, -0.2) is 30.9 Å². The minimum Gasteiger partial charge on any atom is -0.497 e. The van der Waals surface area contributed by atoms with Crippen molar-refractivity contribution in [2.24, 2.45) is 5.92 Å². The van der Waals surface area contributed by atoms with Gasteiger partial charge in [-0.3, -0.25) is 0 Å². The number of hydrogen-bond acceptors (Lipinski definition) is 3. The number of ether oxygens (including phenoxy) is 1. The molecule has 0 radical (unpaired) electrons. The maximum atomic E-state index is 10.1. The lowest BCUT2D eigenvalue weighted by atomic mass is 9.87. The van der Waals surface area contributed by atoms with Crippen molar-refractivity contribution < 1.29 is 9.84 Å². The minimum atomic E-state index is -0.594. The van der Waals surface area contributed by atoms with Crippen molar-refractivity contribution in [1.29, 1.82) is 0 Å². The van der Waals surface area contributed by atoms with Gasteiger partial charge < -0.3 is 15.2 Å². The summed E-state index contributed by atoms with van der Waals surface area (Å²) in [7, 11) is 1.67. The molecule has 1 heterocycles. The van der Waals surface area contributed by atoms with E-state index in [0.717, 1.165) is 18.7 Å². The molecule has 2 rings (SSSR count). The number of hydrogen-bond donors (Lipinski definition) is 2. The maximum absolute atomic E-state index is 10.1. The summed E-state index contributed by atoms with van der Waals surface area (Å²) in [6, 6.07) is 8.05. The Bertz CT molecular complexity index is 363. The fourth-order valence-electron chi connectivity index (χ4n) is 2.24. The van der Waals surface area contributed by atoms with Crippen LogP contribution in [0.3, 0.4) is 0 Å². The number of benzene rings is 1. The van der Waals surface area contributed by atoms with Gasteiger partial charge in [0.15, 0.2) is 0 Å². The van der Waals surface area contributed by atoms with Gasteiger partial charge in [-0.25, -0.2) is 0 Å². The molecule has 0 amide bonds. The zero-order valence-corrected chi connectivity index (χ0v) is 9.86. The second kappa shape index (κ2) is 4.44. The fourth-order valence-corrected chi connectivity index (χ4v) is 2.24. The smallest absolute Gasteiger partial charge is 0.119 e. The minimum absolute atomic E-state index is 0.277. The van der Waals surface area contributed by atoms with E-state index in [-0.39, 0.29) is 5.92 Å². The number of nitrogens with one attached hydrogen (secondary N) is 1. The third-order valence-corrected chi connectivity index (χ3v) is 3.37. The first-order valence-electron chi connectivity index (χ1n) is 5.68. The lowest BCUT2D eigenvalue weighted by Gasteiger charge is -2.24. The van der Waals surface area contributed by atoms with E-state index in [0.29, 0.717) is 6.54 Å². The third-order valence-electron chi connectivity index (χ3n) is 3.37. The van der Waals surface area contributed by atoms with Gasteiger partial charge in [0.05, 0.1) is 12.7 Å². The molecule has 0 aromatic heterocycles. The molecule has 3 heteroatoms. The van der Waals surface area contributed by atoms with E-state index in [4.69, 9.17) is 4.74 Å². The summed E-state index contributed by atoms with van der Waals surface area (Å²) < 4.78 is 5.19. The van der Waals surface area contributed by atoms with E-state index in [1.54, 1.807) is 7.11 Å². The van der Waals surface area contributed by atoms with E-state index in [1.807, 2.05) is 25.1 Å². The molecular formula is C13H19NO2. The van der Waals surface area contributed by atoms with Crippen molar-refractivity contribution in [3.63, 3.8) is 0 Å². The van der Waals surface area contributed by atoms with Gasteiger partial charge in [-0.15, -0.1) is 0 Å². The van der Waals surface area contributed by atoms with Crippen molar-refractivity contribution in [3.05, 3.63) is 29.8 Å². The molecule has 0 bridgehead atoms. The summed E-state index contributed by atoms with van der Waals surface area (Å²) in [6.45, 7) is 3.46. The lowest BCUT2D eigenvalue weighted by Crippen LogP contribution is -2.34. The van der Waals surface area contributed by atoms with E-state index in [9.17, 15) is 5.11 Å². The molecular weight excluding hydrogens is 202 g/mol. The van der Waals surface area contributed by atoms with Crippen molar-refractivity contribution in [3.8, 4) is 5.75 Å². The maximum Gasteiger partial charge on any atom is 0.119 e. The molecule has 1 fully saturated rings. The molecule has 0 saturated carbocycles. The van der Waals surface area contributed by atoms with Gasteiger partial charge in [0.2, 0.25) is 0 Å². The van der Waals surface area contributed by atoms with Crippen LogP contribution in [0.1, 0.15) is 12.5 Å². The molecule has 3 nitrogen and oxygen atoms in total. The Hall–Kier alpha value is -1.06. The summed E-state index contributed by atoms with van der Waals surface area (Å²) in [5.41, 5.74) is 0.622. The average molecular weight is 221 g/mol. The second-order valence-corrected chi connectivity index (χ2v) is 4.74. The molecule has 1 saturated heterocycles. The summed E-state index contributed by atoms with van der Waals surface area (Å²) in [6.07, 6.45) is 0.886. The number of rotatable bonds is 3. The van der Waals surface area contributed by atoms with Crippen molar-refractivity contribution >= 4 is 0 Å². The summed E-state index contributed by atoms with van der Waals surface area (Å²) in [5.74, 6) is 1.16. The highest BCUT2D eigenvalue weighted by Crippen LogP contribution is 2.26. The van der Waals surface area contributed by atoms with E-state index >= 15 is 0 Å². The zero-order valence-electron chi connectivity index (χ0n) is 9.86. The van der Waals surface area contributed by atoms with Crippen LogP contribution < -0.4 is 10.1 Å². The Balaban J connectivity index is 2.08. The molecule has 0 aliphatic carbocycles. The normalized spacial score (nSPS) is 29.3. The van der Waals surface area contributed by atoms with E-state index in [1.165, 1.54) is 5.56 Å². The van der Waals surface area contributed by atoms with Crippen molar-refractivity contribution in [2.75, 3.05) is 20.2 Å². The van der Waals surface area contributed by atoms with Crippen LogP contribution in [0.15, 0.2) is 24.3 Å². The Labute approximate surface area is 96.4 Å². The average Bonchev–Trinajstić information content (AvgIpc) is 2.59. The van der Waals surface area contributed by atoms with Gasteiger partial charge in [-0.2, -0.15) is 0 Å². The van der Waals surface area contributed by atoms with Crippen LogP contribution in [0.4, 0.5) is 0 Å². The summed E-state index contributed by atoms with van der Waals surface area (Å²) >= 11 is 0. The van der Waals surface area contributed by atoms with Crippen LogP contribution in [-0.2, 0) is 6.42 Å². The van der Waals surface area contributed by atoms with Crippen molar-refractivity contribution in [2.45, 2.75) is 18.9 Å². The molecule has 2 N–H and O–H groups in total. The molecule has 16 heavy (non-hydrogen) atoms. The molecule has 1 aromatic carbocycles. The third kappa shape index (κ3) is 2.36. The van der Waals surface area contributed by atoms with Crippen LogP contribution in [0, 0.1) is 5.92 Å². The first kappa shape index (κ1) is 11.4. The molecule has 0 spiro atoms. The highest BCUT2D eigenvalue weighted by atomic mass is 16.5. The predicted octanol–water partition coefficient (Wildman–Crippen LogP) is 1.21. The standard InChI is InChI=1S/C13H19NO2/c1-13(15)9-14-8-11(13)6-10-4-3-5-12(7-10)16-2/h3-5,7,11,14-15H,6,8-9H2,1-2H3. The largest absolute Gasteiger partial charge is 0.497 e. The highest BCUT2D eigenvalue weighted by molar-refractivity contribution is 5.29. The molecule has 1 aromatic rings. The Morgan fingerprint density at radius 2 is 2.38 bits per heavy atom. The van der Waals surface area contributed by atoms with Gasteiger partial charge in [0, 0.05) is 19.0 Å². The number of aliphatic hydroxyl groups is 1. The van der Waals surface area contributed by atoms with Crippen molar-refractivity contribution in [1.82, 2.24) is 5.32 Å². The first-order valence-corrected chi connectivity index (χ1v) is 5.68. The topological polar surface area (TPSA) is 41.5 Å². The van der Waals surface area contributed by atoms with Crippen LogP contribution in [0.5, 0.6) is 5.75 Å². The SMILES string of the molecule is COc1cccc(CC2CNCC2(C)O)c1. The molecule has 1 aliphatic heterocycles. The van der Waals surface area contributed by atoms with Gasteiger partial charge in [0.1, 0.15) is 5.75 Å². The quantitative estimate of drug-likeness (QED) is 0.806. The zero-order chi connectivity index (χ0) is 11.6. The number of methoxy groups -OCH3 is 1. The van der Waals surface area contributed by atoms with Crippen LogP contribution >= 0.6 is 0 Å². The number of β-amino-alcohol motifs (C(OH)–C–C–N with tert-alkyl or cyclic N) is 1. The van der Waals surface area contributed by atoms with E-state index < -0.39 is 5.60 Å². The Morgan fingerprint density at radius 3 is 3.00 bits per heavy atom. The first-order chi connectivity index (χ1) is 7.62. The lowest BCUT2D eigenvalue weighted by molar-refractivity contribution is 0.0363. The van der Waals surface area contributed by atoms with Crippen LogP contribution in [0.2, 0.25) is 0 Å². The fraction of sp³-hybridized carbons (Fsp3) is 0.538.